The maximum Gasteiger partial charge on any atom is 0.0717 e. The lowest BCUT2D eigenvalue weighted by molar-refractivity contribution is 0.0941. The number of rotatable bonds is 8. The van der Waals surface area contributed by atoms with Gasteiger partial charge in [-0.25, -0.2) is 0 Å². The summed E-state index contributed by atoms with van der Waals surface area (Å²) >= 11 is 4.71. The van der Waals surface area contributed by atoms with E-state index >= 15 is 0 Å². The van der Waals surface area contributed by atoms with E-state index in [1.807, 2.05) is 18.2 Å². The van der Waals surface area contributed by atoms with E-state index in [0.29, 0.717) is 13.2 Å². The molecule has 0 spiro atoms. The lowest BCUT2D eigenvalue weighted by atomic mass is 10.2. The predicted molar refractivity (Wildman–Crippen MR) is 107 cm³/mol. The van der Waals surface area contributed by atoms with Crippen LogP contribution in [0, 0.1) is 0 Å². The zero-order valence-electron chi connectivity index (χ0n) is 14.8. The van der Waals surface area contributed by atoms with Crippen molar-refractivity contribution in [2.45, 2.75) is 18.4 Å². The summed E-state index contributed by atoms with van der Waals surface area (Å²) < 4.78 is 5.81. The maximum absolute atomic E-state index is 5.81. The van der Waals surface area contributed by atoms with E-state index in [1.54, 1.807) is 0 Å². The van der Waals surface area contributed by atoms with Crippen molar-refractivity contribution in [3.05, 3.63) is 71.8 Å². The van der Waals surface area contributed by atoms with Crippen LogP contribution in [0.2, 0.25) is 0 Å². The normalized spacial score (nSPS) is 17.5. The van der Waals surface area contributed by atoms with Crippen LogP contribution < -0.4 is 0 Å². The van der Waals surface area contributed by atoms with E-state index in [4.69, 9.17) is 17.4 Å². The first kappa shape index (κ1) is 18.5. The molecule has 1 fully saturated rings. The van der Waals surface area contributed by atoms with E-state index in [2.05, 4.69) is 52.3 Å². The van der Waals surface area contributed by atoms with Crippen LogP contribution in [0.4, 0.5) is 0 Å². The van der Waals surface area contributed by atoms with Crippen LogP contribution in [-0.4, -0.2) is 54.4 Å². The molecule has 134 valence electrons. The Morgan fingerprint density at radius 3 is 2.00 bits per heavy atom. The molecular formula is C21H28N2OS. The molecule has 0 unspecified atom stereocenters. The Balaban J connectivity index is 1.31. The third-order valence-electron chi connectivity index (χ3n) is 4.60. The number of ether oxygens (including phenoxy) is 1. The summed E-state index contributed by atoms with van der Waals surface area (Å²) in [6.07, 6.45) is 0. The maximum atomic E-state index is 5.81. The van der Waals surface area contributed by atoms with Crippen molar-refractivity contribution in [3.63, 3.8) is 0 Å². The average molecular weight is 357 g/mol. The zero-order valence-corrected chi connectivity index (χ0v) is 15.7. The Morgan fingerprint density at radius 2 is 1.36 bits per heavy atom. The second-order valence-electron chi connectivity index (χ2n) is 6.72. The number of nitrogens with zero attached hydrogens (tertiary/aromatic N) is 2. The molecule has 3 nitrogen and oxygen atoms in total. The van der Waals surface area contributed by atoms with Crippen LogP contribution in [0.25, 0.3) is 0 Å². The van der Waals surface area contributed by atoms with E-state index in [0.717, 1.165) is 39.3 Å². The first-order valence-corrected chi connectivity index (χ1v) is 9.59. The van der Waals surface area contributed by atoms with Gasteiger partial charge in [-0.2, -0.15) is 12.6 Å². The number of hydrogen-bond acceptors (Lipinski definition) is 4. The second kappa shape index (κ2) is 9.97. The molecule has 2 aromatic rings. The van der Waals surface area contributed by atoms with Crippen LogP contribution in [0.15, 0.2) is 60.7 Å². The summed E-state index contributed by atoms with van der Waals surface area (Å²) in [6.45, 7) is 7.90. The molecule has 2 aromatic carbocycles. The Morgan fingerprint density at radius 1 is 0.800 bits per heavy atom. The van der Waals surface area contributed by atoms with Crippen molar-refractivity contribution in [1.29, 1.82) is 0 Å². The van der Waals surface area contributed by atoms with Gasteiger partial charge in [0.15, 0.2) is 0 Å². The zero-order chi connectivity index (χ0) is 17.3. The third kappa shape index (κ3) is 6.48. The summed E-state index contributed by atoms with van der Waals surface area (Å²) in [5.74, 6) is 0. The molecule has 4 heteroatoms. The fourth-order valence-corrected chi connectivity index (χ4v) is 3.55. The molecule has 0 N–H and O–H groups in total. The van der Waals surface area contributed by atoms with Crippen LogP contribution >= 0.6 is 12.6 Å². The molecule has 25 heavy (non-hydrogen) atoms. The van der Waals surface area contributed by atoms with Gasteiger partial charge in [0.25, 0.3) is 0 Å². The van der Waals surface area contributed by atoms with E-state index < -0.39 is 0 Å². The smallest absolute Gasteiger partial charge is 0.0717 e. The Bertz CT molecular complexity index is 600. The molecule has 0 radical (unpaired) electrons. The van der Waals surface area contributed by atoms with Gasteiger partial charge >= 0.3 is 0 Å². The molecule has 0 saturated carbocycles. The fourth-order valence-electron chi connectivity index (χ4n) is 3.21. The van der Waals surface area contributed by atoms with Crippen molar-refractivity contribution in [1.82, 2.24) is 9.80 Å². The molecule has 3 rings (SSSR count). The minimum Gasteiger partial charge on any atom is -0.376 e. The quantitative estimate of drug-likeness (QED) is 0.731. The van der Waals surface area contributed by atoms with Gasteiger partial charge in [0, 0.05) is 44.5 Å². The van der Waals surface area contributed by atoms with Gasteiger partial charge in [-0.05, 0) is 11.1 Å². The molecule has 1 aliphatic heterocycles. The van der Waals surface area contributed by atoms with Gasteiger partial charge in [0.1, 0.15) is 0 Å². The SMILES string of the molecule is S[C@@H](COCc1ccccc1)CN1CCN(Cc2ccccc2)CC1. The molecule has 1 atom stereocenters. The van der Waals surface area contributed by atoms with Gasteiger partial charge < -0.3 is 4.74 Å². The minimum atomic E-state index is 0.268. The third-order valence-corrected chi connectivity index (χ3v) is 4.92. The summed E-state index contributed by atoms with van der Waals surface area (Å²) in [5.41, 5.74) is 2.62. The standard InChI is InChI=1S/C21H28N2OS/c25-21(18-24-17-20-9-5-2-6-10-20)16-23-13-11-22(12-14-23)15-19-7-3-1-4-8-19/h1-10,21,25H,11-18H2/t21-/m1/s1. The average Bonchev–Trinajstić information content (AvgIpc) is 2.65. The summed E-state index contributed by atoms with van der Waals surface area (Å²) in [7, 11) is 0. The molecule has 0 aliphatic carbocycles. The van der Waals surface area contributed by atoms with E-state index in [-0.39, 0.29) is 5.25 Å². The van der Waals surface area contributed by atoms with Crippen molar-refractivity contribution < 1.29 is 4.74 Å². The van der Waals surface area contributed by atoms with Crippen LogP contribution in [0.5, 0.6) is 0 Å². The number of thiol groups is 1. The highest BCUT2D eigenvalue weighted by atomic mass is 32.1. The van der Waals surface area contributed by atoms with E-state index in [1.165, 1.54) is 11.1 Å². The number of benzene rings is 2. The number of piperazine rings is 1. The summed E-state index contributed by atoms with van der Waals surface area (Å²) in [5, 5.41) is 0.268. The van der Waals surface area contributed by atoms with Crippen molar-refractivity contribution in [2.24, 2.45) is 0 Å². The van der Waals surface area contributed by atoms with Crippen LogP contribution in [0.3, 0.4) is 0 Å². The van der Waals surface area contributed by atoms with Gasteiger partial charge in [-0.15, -0.1) is 0 Å². The topological polar surface area (TPSA) is 15.7 Å². The van der Waals surface area contributed by atoms with Crippen molar-refractivity contribution >= 4 is 12.6 Å². The Hall–Kier alpha value is -1.33. The first-order valence-electron chi connectivity index (χ1n) is 9.08. The second-order valence-corrected chi connectivity index (χ2v) is 7.45. The largest absolute Gasteiger partial charge is 0.376 e. The fraction of sp³-hybridized carbons (Fsp3) is 0.429. The lowest BCUT2D eigenvalue weighted by Crippen LogP contribution is -2.47. The molecule has 1 heterocycles. The van der Waals surface area contributed by atoms with Gasteiger partial charge in [0.05, 0.1) is 13.2 Å². The van der Waals surface area contributed by atoms with E-state index in [9.17, 15) is 0 Å². The van der Waals surface area contributed by atoms with Crippen molar-refractivity contribution in [2.75, 3.05) is 39.3 Å². The monoisotopic (exact) mass is 356 g/mol. The molecular weight excluding hydrogens is 328 g/mol. The summed E-state index contributed by atoms with van der Waals surface area (Å²) in [6, 6.07) is 21.0. The highest BCUT2D eigenvalue weighted by molar-refractivity contribution is 7.81. The van der Waals surface area contributed by atoms with Gasteiger partial charge in [-0.3, -0.25) is 9.80 Å². The van der Waals surface area contributed by atoms with Gasteiger partial charge in [0.2, 0.25) is 0 Å². The van der Waals surface area contributed by atoms with Crippen LogP contribution in [-0.2, 0) is 17.9 Å². The van der Waals surface area contributed by atoms with Gasteiger partial charge in [-0.1, -0.05) is 60.7 Å². The lowest BCUT2D eigenvalue weighted by Gasteiger charge is -2.35. The highest BCUT2D eigenvalue weighted by Crippen LogP contribution is 2.10. The molecule has 1 aliphatic rings. The van der Waals surface area contributed by atoms with Crippen LogP contribution in [0.1, 0.15) is 11.1 Å². The van der Waals surface area contributed by atoms with Crippen molar-refractivity contribution in [3.8, 4) is 0 Å². The Kier molecular flexibility index (Phi) is 7.37. The minimum absolute atomic E-state index is 0.268. The molecule has 1 saturated heterocycles. The Labute approximate surface area is 157 Å². The molecule has 0 amide bonds. The first-order chi connectivity index (χ1) is 12.3. The number of hydrogen-bond donors (Lipinski definition) is 1. The summed E-state index contributed by atoms with van der Waals surface area (Å²) in [4.78, 5) is 5.04. The predicted octanol–water partition coefficient (Wildman–Crippen LogP) is 3.32. The molecule has 0 aromatic heterocycles. The highest BCUT2D eigenvalue weighted by Gasteiger charge is 2.18. The molecule has 0 bridgehead atoms.